The minimum absolute atomic E-state index is 0.00350. The highest BCUT2D eigenvalue weighted by Crippen LogP contribution is 2.21. The minimum atomic E-state index is -4.00. The first-order chi connectivity index (χ1) is 13.0. The number of aryl methyl sites for hydroxylation is 1. The third kappa shape index (κ3) is 5.08. The van der Waals surface area contributed by atoms with E-state index in [1.54, 1.807) is 38.1 Å². The molecule has 1 amide bonds. The van der Waals surface area contributed by atoms with Gasteiger partial charge in [-0.25, -0.2) is 18.4 Å². The first-order valence-electron chi connectivity index (χ1n) is 8.33. The maximum absolute atomic E-state index is 12.4. The number of hydrogen-bond acceptors (Lipinski definition) is 6. The van der Waals surface area contributed by atoms with E-state index in [9.17, 15) is 18.0 Å². The van der Waals surface area contributed by atoms with Gasteiger partial charge in [0, 0.05) is 5.69 Å². The van der Waals surface area contributed by atoms with Crippen LogP contribution in [0.1, 0.15) is 28.4 Å². The van der Waals surface area contributed by atoms with E-state index in [1.165, 1.54) is 20.1 Å². The van der Waals surface area contributed by atoms with Crippen LogP contribution in [-0.2, 0) is 19.6 Å². The van der Waals surface area contributed by atoms with Crippen molar-refractivity contribution in [3.8, 4) is 5.75 Å². The summed E-state index contributed by atoms with van der Waals surface area (Å²) in [7, 11) is -2.47. The van der Waals surface area contributed by atoms with E-state index in [2.05, 4.69) is 5.32 Å². The molecule has 0 radical (unpaired) electrons. The lowest BCUT2D eigenvalue weighted by Crippen LogP contribution is -2.30. The van der Waals surface area contributed by atoms with E-state index < -0.39 is 28.0 Å². The predicted molar refractivity (Wildman–Crippen MR) is 104 cm³/mol. The van der Waals surface area contributed by atoms with Crippen LogP contribution in [-0.4, -0.2) is 33.5 Å². The summed E-state index contributed by atoms with van der Waals surface area (Å²) in [6, 6.07) is 9.28. The van der Waals surface area contributed by atoms with E-state index in [-0.39, 0.29) is 10.5 Å². The molecule has 28 heavy (non-hydrogen) atoms. The Morgan fingerprint density at radius 3 is 2.25 bits per heavy atom. The van der Waals surface area contributed by atoms with Gasteiger partial charge < -0.3 is 14.8 Å². The van der Waals surface area contributed by atoms with Crippen LogP contribution in [0.3, 0.4) is 0 Å². The van der Waals surface area contributed by atoms with Crippen molar-refractivity contribution >= 4 is 27.6 Å². The zero-order valence-electron chi connectivity index (χ0n) is 16.0. The number of ether oxygens (including phenoxy) is 2. The molecular formula is C19H22N2O6S. The topological polar surface area (TPSA) is 125 Å². The van der Waals surface area contributed by atoms with Gasteiger partial charge in [0.05, 0.1) is 17.6 Å². The Morgan fingerprint density at radius 2 is 1.71 bits per heavy atom. The largest absolute Gasteiger partial charge is 0.497 e. The number of methoxy groups -OCH3 is 1. The van der Waals surface area contributed by atoms with Crippen molar-refractivity contribution < 1.29 is 27.5 Å². The first-order valence-corrected chi connectivity index (χ1v) is 9.87. The van der Waals surface area contributed by atoms with Crippen molar-refractivity contribution in [2.75, 3.05) is 12.4 Å². The molecule has 0 heterocycles. The van der Waals surface area contributed by atoms with E-state index in [0.29, 0.717) is 22.6 Å². The molecule has 0 bridgehead atoms. The average molecular weight is 406 g/mol. The first kappa shape index (κ1) is 21.4. The number of anilines is 1. The number of carbonyl (C=O) groups is 2. The van der Waals surface area contributed by atoms with Gasteiger partial charge in [-0.15, -0.1) is 0 Å². The summed E-state index contributed by atoms with van der Waals surface area (Å²) in [6.07, 6.45) is -1.10. The van der Waals surface area contributed by atoms with E-state index in [0.717, 1.165) is 6.07 Å². The molecule has 1 unspecified atom stereocenters. The fourth-order valence-corrected chi connectivity index (χ4v) is 3.32. The molecule has 0 fully saturated rings. The van der Waals surface area contributed by atoms with Crippen molar-refractivity contribution in [3.05, 3.63) is 53.1 Å². The molecule has 0 aliphatic rings. The van der Waals surface area contributed by atoms with Gasteiger partial charge in [-0.1, -0.05) is 0 Å². The molecule has 0 aliphatic heterocycles. The van der Waals surface area contributed by atoms with Crippen LogP contribution in [0.5, 0.6) is 5.75 Å². The van der Waals surface area contributed by atoms with Crippen LogP contribution in [0.25, 0.3) is 0 Å². The zero-order valence-corrected chi connectivity index (χ0v) is 16.8. The summed E-state index contributed by atoms with van der Waals surface area (Å²) < 4.78 is 33.6. The fraction of sp³-hybridized carbons (Fsp3) is 0.263. The zero-order chi connectivity index (χ0) is 21.1. The fourth-order valence-electron chi connectivity index (χ4n) is 2.44. The van der Waals surface area contributed by atoms with E-state index >= 15 is 0 Å². The quantitative estimate of drug-likeness (QED) is 0.708. The molecule has 0 aromatic heterocycles. The smallest absolute Gasteiger partial charge is 0.338 e. The molecule has 0 aliphatic carbocycles. The summed E-state index contributed by atoms with van der Waals surface area (Å²) in [6.45, 7) is 4.66. The van der Waals surface area contributed by atoms with Crippen molar-refractivity contribution in [3.63, 3.8) is 0 Å². The third-order valence-electron chi connectivity index (χ3n) is 4.17. The number of rotatable bonds is 6. The number of primary sulfonamides is 1. The highest BCUT2D eigenvalue weighted by atomic mass is 32.2. The molecule has 0 saturated carbocycles. The summed E-state index contributed by atoms with van der Waals surface area (Å²) in [5, 5.41) is 7.82. The van der Waals surface area contributed by atoms with Crippen LogP contribution in [0, 0.1) is 13.8 Å². The van der Waals surface area contributed by atoms with Gasteiger partial charge in [-0.2, -0.15) is 0 Å². The lowest BCUT2D eigenvalue weighted by Gasteiger charge is -2.15. The Hall–Kier alpha value is -2.91. The molecule has 1 atom stereocenters. The molecule has 2 aromatic rings. The van der Waals surface area contributed by atoms with Gasteiger partial charge in [-0.05, 0) is 68.3 Å². The molecule has 150 valence electrons. The van der Waals surface area contributed by atoms with Gasteiger partial charge >= 0.3 is 5.97 Å². The Kier molecular flexibility index (Phi) is 6.42. The molecule has 9 heteroatoms. The number of nitrogens with one attached hydrogen (secondary N) is 1. The molecular weight excluding hydrogens is 384 g/mol. The van der Waals surface area contributed by atoms with Gasteiger partial charge in [0.25, 0.3) is 5.91 Å². The van der Waals surface area contributed by atoms with Crippen LogP contribution in [0.2, 0.25) is 0 Å². The maximum atomic E-state index is 12.4. The molecule has 3 N–H and O–H groups in total. The Bertz CT molecular complexity index is 1000. The number of carbonyl (C=O) groups excluding carboxylic acids is 2. The lowest BCUT2D eigenvalue weighted by atomic mass is 10.1. The Morgan fingerprint density at radius 1 is 1.11 bits per heavy atom. The normalized spacial score (nSPS) is 12.2. The van der Waals surface area contributed by atoms with Gasteiger partial charge in [0.2, 0.25) is 10.0 Å². The number of sulfonamides is 1. The van der Waals surface area contributed by atoms with Crippen LogP contribution >= 0.6 is 0 Å². The third-order valence-corrected chi connectivity index (χ3v) is 5.21. The van der Waals surface area contributed by atoms with E-state index in [4.69, 9.17) is 14.6 Å². The van der Waals surface area contributed by atoms with Gasteiger partial charge in [-0.3, -0.25) is 4.79 Å². The summed E-state index contributed by atoms with van der Waals surface area (Å²) in [5.74, 6) is -0.725. The van der Waals surface area contributed by atoms with Crippen LogP contribution in [0.15, 0.2) is 41.3 Å². The SMILES string of the molecule is COc1ccc(NC(=O)C(C)OC(=O)c2cc(C)c(C)c(S(N)(=O)=O)c2)cc1. The lowest BCUT2D eigenvalue weighted by molar-refractivity contribution is -0.123. The second kappa shape index (κ2) is 8.41. The standard InChI is InChI=1S/C19H22N2O6S/c1-11-9-14(10-17(12(11)2)28(20,24)25)19(23)27-13(3)18(22)21-15-5-7-16(26-4)8-6-15/h5-10,13H,1-4H3,(H,21,22)(H2,20,24,25). The maximum Gasteiger partial charge on any atom is 0.338 e. The van der Waals surface area contributed by atoms with Crippen molar-refractivity contribution in [1.29, 1.82) is 0 Å². The Balaban J connectivity index is 2.13. The second-order valence-electron chi connectivity index (χ2n) is 6.23. The number of amides is 1. The van der Waals surface area contributed by atoms with E-state index in [1.807, 2.05) is 0 Å². The molecule has 2 aromatic carbocycles. The van der Waals surface area contributed by atoms with Crippen molar-refractivity contribution in [2.45, 2.75) is 31.8 Å². The average Bonchev–Trinajstić information content (AvgIpc) is 2.63. The highest BCUT2D eigenvalue weighted by Gasteiger charge is 2.22. The molecule has 8 nitrogen and oxygen atoms in total. The molecule has 0 spiro atoms. The van der Waals surface area contributed by atoms with Crippen molar-refractivity contribution in [1.82, 2.24) is 0 Å². The van der Waals surface area contributed by atoms with Crippen LogP contribution < -0.4 is 15.2 Å². The number of hydrogen-bond donors (Lipinski definition) is 2. The molecule has 0 saturated heterocycles. The van der Waals surface area contributed by atoms with Crippen molar-refractivity contribution in [2.24, 2.45) is 5.14 Å². The number of esters is 1. The summed E-state index contributed by atoms with van der Waals surface area (Å²) >= 11 is 0. The number of nitrogens with two attached hydrogens (primary N) is 1. The molecule has 2 rings (SSSR count). The van der Waals surface area contributed by atoms with Gasteiger partial charge in [0.15, 0.2) is 6.10 Å². The van der Waals surface area contributed by atoms with Gasteiger partial charge in [0.1, 0.15) is 5.75 Å². The highest BCUT2D eigenvalue weighted by molar-refractivity contribution is 7.89. The van der Waals surface area contributed by atoms with Crippen LogP contribution in [0.4, 0.5) is 5.69 Å². The number of benzene rings is 2. The summed E-state index contributed by atoms with van der Waals surface area (Å²) in [5.41, 5.74) is 1.52. The Labute approximate surface area is 163 Å². The monoisotopic (exact) mass is 406 g/mol. The minimum Gasteiger partial charge on any atom is -0.497 e. The predicted octanol–water partition coefficient (Wildman–Crippen LogP) is 2.14. The summed E-state index contributed by atoms with van der Waals surface area (Å²) in [4.78, 5) is 24.5. The second-order valence-corrected chi connectivity index (χ2v) is 7.76.